The lowest BCUT2D eigenvalue weighted by Crippen LogP contribution is -2.28. The van der Waals surface area contributed by atoms with Gasteiger partial charge in [0.2, 0.25) is 5.91 Å². The number of hydrogen-bond donors (Lipinski definition) is 2. The van der Waals surface area contributed by atoms with Crippen LogP contribution in [0.1, 0.15) is 19.3 Å². The number of anilines is 2. The van der Waals surface area contributed by atoms with Crippen molar-refractivity contribution in [1.82, 2.24) is 4.90 Å². The van der Waals surface area contributed by atoms with E-state index in [1.54, 1.807) is 18.2 Å². The van der Waals surface area contributed by atoms with Crippen LogP contribution in [0.2, 0.25) is 5.02 Å². The summed E-state index contributed by atoms with van der Waals surface area (Å²) in [5.41, 5.74) is 6.95. The average Bonchev–Trinajstić information content (AvgIpc) is 2.72. The summed E-state index contributed by atoms with van der Waals surface area (Å²) in [6, 6.07) is 5.09. The van der Waals surface area contributed by atoms with Gasteiger partial charge in [-0.2, -0.15) is 11.8 Å². The van der Waals surface area contributed by atoms with E-state index < -0.39 is 0 Å². The van der Waals surface area contributed by atoms with Crippen molar-refractivity contribution in [2.24, 2.45) is 0 Å². The van der Waals surface area contributed by atoms with Crippen LogP contribution in [0.5, 0.6) is 0 Å². The molecule has 116 valence electrons. The number of amides is 1. The SMILES string of the molecule is Nc1ccc(Cl)cc1NC(=O)CCCN1CCCSCC1. The molecular formula is C15H22ClN3OS. The normalized spacial score (nSPS) is 16.4. The Balaban J connectivity index is 1.73. The van der Waals surface area contributed by atoms with Crippen LogP contribution >= 0.6 is 23.4 Å². The van der Waals surface area contributed by atoms with Crippen molar-refractivity contribution >= 4 is 40.6 Å². The van der Waals surface area contributed by atoms with E-state index in [4.69, 9.17) is 17.3 Å². The molecule has 0 radical (unpaired) electrons. The molecule has 1 aromatic rings. The van der Waals surface area contributed by atoms with Crippen LogP contribution in [-0.4, -0.2) is 41.9 Å². The standard InChI is InChI=1S/C15H22ClN3OS/c16-12-4-5-13(17)14(11-12)18-15(20)3-1-6-19-7-2-9-21-10-8-19/h4-5,11H,1-3,6-10,17H2,(H,18,20). The second-order valence-corrected chi connectivity index (χ2v) is 6.85. The molecule has 1 heterocycles. The molecule has 0 spiro atoms. The number of hydrogen-bond acceptors (Lipinski definition) is 4. The predicted molar refractivity (Wildman–Crippen MR) is 92.1 cm³/mol. The molecule has 0 atom stereocenters. The van der Waals surface area contributed by atoms with Crippen molar-refractivity contribution in [1.29, 1.82) is 0 Å². The molecule has 0 aliphatic carbocycles. The summed E-state index contributed by atoms with van der Waals surface area (Å²) in [4.78, 5) is 14.4. The molecule has 1 fully saturated rings. The largest absolute Gasteiger partial charge is 0.397 e. The summed E-state index contributed by atoms with van der Waals surface area (Å²) in [6.45, 7) is 3.27. The third kappa shape index (κ3) is 5.77. The first-order chi connectivity index (χ1) is 10.1. The first-order valence-corrected chi connectivity index (χ1v) is 8.83. The molecule has 3 N–H and O–H groups in total. The van der Waals surface area contributed by atoms with Crippen molar-refractivity contribution < 1.29 is 4.79 Å². The quantitative estimate of drug-likeness (QED) is 0.816. The molecule has 21 heavy (non-hydrogen) atoms. The molecular weight excluding hydrogens is 306 g/mol. The van der Waals surface area contributed by atoms with E-state index >= 15 is 0 Å². The minimum Gasteiger partial charge on any atom is -0.397 e. The topological polar surface area (TPSA) is 58.4 Å². The monoisotopic (exact) mass is 327 g/mol. The lowest BCUT2D eigenvalue weighted by molar-refractivity contribution is -0.116. The van der Waals surface area contributed by atoms with Crippen LogP contribution in [0.4, 0.5) is 11.4 Å². The Hall–Kier alpha value is -0.910. The van der Waals surface area contributed by atoms with Gasteiger partial charge in [-0.05, 0) is 49.9 Å². The fourth-order valence-electron chi connectivity index (χ4n) is 2.33. The second kappa shape index (κ2) is 8.51. The lowest BCUT2D eigenvalue weighted by atomic mass is 10.2. The van der Waals surface area contributed by atoms with Crippen molar-refractivity contribution in [2.75, 3.05) is 42.2 Å². The Bertz CT molecular complexity index is 476. The lowest BCUT2D eigenvalue weighted by Gasteiger charge is -2.19. The number of carbonyl (C=O) groups is 1. The number of nitrogens with one attached hydrogen (secondary N) is 1. The minimum atomic E-state index is -0.00633. The third-order valence-electron chi connectivity index (χ3n) is 3.48. The molecule has 2 rings (SSSR count). The highest BCUT2D eigenvalue weighted by Gasteiger charge is 2.10. The summed E-state index contributed by atoms with van der Waals surface area (Å²) in [7, 11) is 0. The van der Waals surface area contributed by atoms with Crippen LogP contribution in [0, 0.1) is 0 Å². The number of carbonyl (C=O) groups excluding carboxylic acids is 1. The summed E-state index contributed by atoms with van der Waals surface area (Å²) >= 11 is 7.92. The van der Waals surface area contributed by atoms with E-state index in [0.29, 0.717) is 22.8 Å². The van der Waals surface area contributed by atoms with Gasteiger partial charge < -0.3 is 16.0 Å². The Morgan fingerprint density at radius 3 is 3.10 bits per heavy atom. The number of nitrogens with two attached hydrogens (primary N) is 1. The zero-order valence-electron chi connectivity index (χ0n) is 12.1. The van der Waals surface area contributed by atoms with Crippen molar-refractivity contribution in [3.05, 3.63) is 23.2 Å². The Morgan fingerprint density at radius 1 is 1.38 bits per heavy atom. The van der Waals surface area contributed by atoms with Crippen LogP contribution in [0.25, 0.3) is 0 Å². The molecule has 1 amide bonds. The highest BCUT2D eigenvalue weighted by Crippen LogP contribution is 2.23. The molecule has 0 saturated carbocycles. The van der Waals surface area contributed by atoms with E-state index in [0.717, 1.165) is 26.1 Å². The number of benzene rings is 1. The molecule has 1 aliphatic rings. The van der Waals surface area contributed by atoms with E-state index in [1.165, 1.54) is 17.9 Å². The van der Waals surface area contributed by atoms with E-state index in [-0.39, 0.29) is 5.91 Å². The highest BCUT2D eigenvalue weighted by atomic mass is 35.5. The van der Waals surface area contributed by atoms with Crippen molar-refractivity contribution in [2.45, 2.75) is 19.3 Å². The number of rotatable bonds is 5. The second-order valence-electron chi connectivity index (χ2n) is 5.19. The zero-order chi connectivity index (χ0) is 15.1. The van der Waals surface area contributed by atoms with Crippen LogP contribution < -0.4 is 11.1 Å². The van der Waals surface area contributed by atoms with Gasteiger partial charge in [0, 0.05) is 23.7 Å². The summed E-state index contributed by atoms with van der Waals surface area (Å²) in [5.74, 6) is 2.45. The summed E-state index contributed by atoms with van der Waals surface area (Å²) in [5, 5.41) is 3.40. The molecule has 0 unspecified atom stereocenters. The van der Waals surface area contributed by atoms with Gasteiger partial charge in [-0.1, -0.05) is 11.6 Å². The summed E-state index contributed by atoms with van der Waals surface area (Å²) in [6.07, 6.45) is 2.63. The number of nitrogen functional groups attached to an aromatic ring is 1. The molecule has 4 nitrogen and oxygen atoms in total. The summed E-state index contributed by atoms with van der Waals surface area (Å²) < 4.78 is 0. The van der Waals surface area contributed by atoms with E-state index in [9.17, 15) is 4.79 Å². The van der Waals surface area contributed by atoms with Crippen LogP contribution in [0.15, 0.2) is 18.2 Å². The highest BCUT2D eigenvalue weighted by molar-refractivity contribution is 7.99. The number of thioether (sulfide) groups is 1. The van der Waals surface area contributed by atoms with Crippen molar-refractivity contribution in [3.63, 3.8) is 0 Å². The van der Waals surface area contributed by atoms with E-state index in [1.807, 2.05) is 11.8 Å². The van der Waals surface area contributed by atoms with Crippen LogP contribution in [-0.2, 0) is 4.79 Å². The molecule has 1 saturated heterocycles. The van der Waals surface area contributed by atoms with Gasteiger partial charge in [-0.3, -0.25) is 4.79 Å². The van der Waals surface area contributed by atoms with Gasteiger partial charge in [0.05, 0.1) is 11.4 Å². The number of nitrogens with zero attached hydrogens (tertiary/aromatic N) is 1. The maximum absolute atomic E-state index is 12.0. The van der Waals surface area contributed by atoms with E-state index in [2.05, 4.69) is 10.2 Å². The first-order valence-electron chi connectivity index (χ1n) is 7.30. The Labute approximate surface area is 135 Å². The van der Waals surface area contributed by atoms with Gasteiger partial charge in [0.1, 0.15) is 0 Å². The smallest absolute Gasteiger partial charge is 0.224 e. The Kier molecular flexibility index (Phi) is 6.67. The predicted octanol–water partition coefficient (Wildman–Crippen LogP) is 3.08. The zero-order valence-corrected chi connectivity index (χ0v) is 13.7. The number of halogens is 1. The molecule has 6 heteroatoms. The third-order valence-corrected chi connectivity index (χ3v) is 4.77. The fourth-order valence-corrected chi connectivity index (χ4v) is 3.43. The maximum Gasteiger partial charge on any atom is 0.224 e. The van der Waals surface area contributed by atoms with Gasteiger partial charge in [0.25, 0.3) is 0 Å². The van der Waals surface area contributed by atoms with Gasteiger partial charge in [-0.25, -0.2) is 0 Å². The van der Waals surface area contributed by atoms with Crippen LogP contribution in [0.3, 0.4) is 0 Å². The van der Waals surface area contributed by atoms with Gasteiger partial charge in [-0.15, -0.1) is 0 Å². The average molecular weight is 328 g/mol. The maximum atomic E-state index is 12.0. The first kappa shape index (κ1) is 16.5. The van der Waals surface area contributed by atoms with Gasteiger partial charge in [0.15, 0.2) is 0 Å². The molecule has 1 aromatic carbocycles. The van der Waals surface area contributed by atoms with Crippen molar-refractivity contribution in [3.8, 4) is 0 Å². The molecule has 0 aromatic heterocycles. The molecule has 0 bridgehead atoms. The Morgan fingerprint density at radius 2 is 2.24 bits per heavy atom. The van der Waals surface area contributed by atoms with Gasteiger partial charge >= 0.3 is 0 Å². The molecule has 1 aliphatic heterocycles. The fraction of sp³-hybridized carbons (Fsp3) is 0.533. The minimum absolute atomic E-state index is 0.00633.